The maximum atomic E-state index is 5.63. The van der Waals surface area contributed by atoms with Gasteiger partial charge in [0.2, 0.25) is 0 Å². The van der Waals surface area contributed by atoms with Gasteiger partial charge in [0, 0.05) is 6.54 Å². The van der Waals surface area contributed by atoms with Crippen LogP contribution in [0.1, 0.15) is 18.8 Å². The molecule has 5 heteroatoms. The minimum atomic E-state index is -0.0828. The van der Waals surface area contributed by atoms with Crippen LogP contribution in [-0.4, -0.2) is 40.3 Å². The van der Waals surface area contributed by atoms with Crippen LogP contribution in [0.2, 0.25) is 0 Å². The molecule has 1 heterocycles. The Hall–Kier alpha value is -0.940. The second-order valence-corrected chi connectivity index (χ2v) is 3.46. The average molecular weight is 183 g/mol. The van der Waals surface area contributed by atoms with Crippen molar-refractivity contribution in [2.24, 2.45) is 5.73 Å². The highest BCUT2D eigenvalue weighted by Gasteiger charge is 2.04. The van der Waals surface area contributed by atoms with Gasteiger partial charge in [-0.25, -0.2) is 4.98 Å². The molecule has 0 bridgehead atoms. The Morgan fingerprint density at radius 3 is 2.77 bits per heavy atom. The molecule has 0 aromatic carbocycles. The Morgan fingerprint density at radius 2 is 2.31 bits per heavy atom. The molecule has 0 radical (unpaired) electrons. The Morgan fingerprint density at radius 1 is 1.62 bits per heavy atom. The molecule has 0 saturated carbocycles. The summed E-state index contributed by atoms with van der Waals surface area (Å²) in [4.78, 5) is 6.21. The minimum Gasteiger partial charge on any atom is -0.321 e. The van der Waals surface area contributed by atoms with Crippen molar-refractivity contribution in [1.29, 1.82) is 0 Å². The molecule has 5 nitrogen and oxygen atoms in total. The third-order valence-electron chi connectivity index (χ3n) is 1.74. The van der Waals surface area contributed by atoms with E-state index in [1.807, 2.05) is 25.7 Å². The van der Waals surface area contributed by atoms with Crippen molar-refractivity contribution in [1.82, 2.24) is 19.7 Å². The summed E-state index contributed by atoms with van der Waals surface area (Å²) in [6.45, 7) is 3.69. The van der Waals surface area contributed by atoms with Gasteiger partial charge in [-0.05, 0) is 21.0 Å². The fourth-order valence-corrected chi connectivity index (χ4v) is 0.928. The molecule has 13 heavy (non-hydrogen) atoms. The number of hydrogen-bond acceptors (Lipinski definition) is 4. The van der Waals surface area contributed by atoms with Crippen molar-refractivity contribution in [3.63, 3.8) is 0 Å². The summed E-state index contributed by atoms with van der Waals surface area (Å²) in [5.74, 6) is 0.707. The van der Waals surface area contributed by atoms with E-state index >= 15 is 0 Å². The predicted molar refractivity (Wildman–Crippen MR) is 51.2 cm³/mol. The highest BCUT2D eigenvalue weighted by Crippen LogP contribution is 2.00. The molecule has 1 aromatic heterocycles. The highest BCUT2D eigenvalue weighted by atomic mass is 15.3. The summed E-state index contributed by atoms with van der Waals surface area (Å²) in [6.07, 6.45) is 1.72. The Kier molecular flexibility index (Phi) is 3.39. The van der Waals surface area contributed by atoms with Gasteiger partial charge in [0.25, 0.3) is 0 Å². The summed E-state index contributed by atoms with van der Waals surface area (Å²) in [6, 6.07) is -0.0828. The summed E-state index contributed by atoms with van der Waals surface area (Å²) >= 11 is 0. The molecule has 0 aliphatic carbocycles. The van der Waals surface area contributed by atoms with Crippen molar-refractivity contribution in [2.45, 2.75) is 19.5 Å². The lowest BCUT2D eigenvalue weighted by Crippen LogP contribution is -2.19. The zero-order chi connectivity index (χ0) is 9.84. The topological polar surface area (TPSA) is 60.0 Å². The average Bonchev–Trinajstić information content (AvgIpc) is 2.48. The monoisotopic (exact) mass is 183 g/mol. The van der Waals surface area contributed by atoms with E-state index in [1.165, 1.54) is 0 Å². The van der Waals surface area contributed by atoms with E-state index in [2.05, 4.69) is 15.0 Å². The first-order valence-electron chi connectivity index (χ1n) is 4.39. The highest BCUT2D eigenvalue weighted by molar-refractivity contribution is 4.87. The van der Waals surface area contributed by atoms with Crippen molar-refractivity contribution < 1.29 is 0 Å². The second-order valence-electron chi connectivity index (χ2n) is 3.46. The largest absolute Gasteiger partial charge is 0.321 e. The van der Waals surface area contributed by atoms with Gasteiger partial charge in [0.05, 0.1) is 12.6 Å². The first-order chi connectivity index (χ1) is 6.09. The molecule has 0 spiro atoms. The predicted octanol–water partition coefficient (Wildman–Crippen LogP) is -0.141. The molecule has 0 amide bonds. The summed E-state index contributed by atoms with van der Waals surface area (Å²) in [5, 5.41) is 4.24. The molecule has 2 N–H and O–H groups in total. The van der Waals surface area contributed by atoms with Crippen molar-refractivity contribution in [3.8, 4) is 0 Å². The Bertz CT molecular complexity index is 253. The molecular formula is C8H17N5. The van der Waals surface area contributed by atoms with Gasteiger partial charge in [-0.1, -0.05) is 0 Å². The zero-order valence-electron chi connectivity index (χ0n) is 8.44. The molecule has 0 aliphatic heterocycles. The van der Waals surface area contributed by atoms with Crippen LogP contribution in [-0.2, 0) is 6.54 Å². The SMILES string of the molecule is CC(N)c1ncn(CCN(C)C)n1. The summed E-state index contributed by atoms with van der Waals surface area (Å²) < 4.78 is 1.82. The molecule has 1 rings (SSSR count). The molecule has 0 saturated heterocycles. The van der Waals surface area contributed by atoms with Crippen LogP contribution >= 0.6 is 0 Å². The molecule has 1 unspecified atom stereocenters. The van der Waals surface area contributed by atoms with Crippen LogP contribution < -0.4 is 5.73 Å². The number of nitrogens with two attached hydrogens (primary N) is 1. The van der Waals surface area contributed by atoms with Gasteiger partial charge in [0.1, 0.15) is 6.33 Å². The van der Waals surface area contributed by atoms with Crippen LogP contribution in [0, 0.1) is 0 Å². The summed E-state index contributed by atoms with van der Waals surface area (Å²) in [5.41, 5.74) is 5.63. The smallest absolute Gasteiger partial charge is 0.166 e. The van der Waals surface area contributed by atoms with Gasteiger partial charge in [-0.2, -0.15) is 5.10 Å². The fraction of sp³-hybridized carbons (Fsp3) is 0.750. The van der Waals surface area contributed by atoms with Crippen LogP contribution in [0.25, 0.3) is 0 Å². The molecule has 1 aromatic rings. The van der Waals surface area contributed by atoms with Crippen molar-refractivity contribution >= 4 is 0 Å². The first kappa shape index (κ1) is 10.1. The van der Waals surface area contributed by atoms with E-state index in [-0.39, 0.29) is 6.04 Å². The van der Waals surface area contributed by atoms with Gasteiger partial charge >= 0.3 is 0 Å². The second kappa shape index (κ2) is 4.34. The van der Waals surface area contributed by atoms with Gasteiger partial charge < -0.3 is 10.6 Å². The van der Waals surface area contributed by atoms with E-state index in [9.17, 15) is 0 Å². The van der Waals surface area contributed by atoms with Crippen LogP contribution in [0.5, 0.6) is 0 Å². The fourth-order valence-electron chi connectivity index (χ4n) is 0.928. The van der Waals surface area contributed by atoms with Gasteiger partial charge in [-0.3, -0.25) is 4.68 Å². The van der Waals surface area contributed by atoms with Crippen LogP contribution in [0.15, 0.2) is 6.33 Å². The molecule has 0 aliphatic rings. The van der Waals surface area contributed by atoms with E-state index in [4.69, 9.17) is 5.73 Å². The molecule has 74 valence electrons. The molecule has 0 fully saturated rings. The minimum absolute atomic E-state index is 0.0828. The van der Waals surface area contributed by atoms with Crippen LogP contribution in [0.4, 0.5) is 0 Å². The van der Waals surface area contributed by atoms with E-state index in [0.29, 0.717) is 5.82 Å². The van der Waals surface area contributed by atoms with Crippen LogP contribution in [0.3, 0.4) is 0 Å². The third-order valence-corrected chi connectivity index (χ3v) is 1.74. The lowest BCUT2D eigenvalue weighted by Gasteiger charge is -2.08. The van der Waals surface area contributed by atoms with Crippen molar-refractivity contribution in [3.05, 3.63) is 12.2 Å². The quantitative estimate of drug-likeness (QED) is 0.705. The molecule has 1 atom stereocenters. The standard InChI is InChI=1S/C8H17N5/c1-7(9)8-10-6-13(11-8)5-4-12(2)3/h6-7H,4-5,9H2,1-3H3. The van der Waals surface area contributed by atoms with E-state index in [0.717, 1.165) is 13.1 Å². The first-order valence-corrected chi connectivity index (χ1v) is 4.39. The zero-order valence-corrected chi connectivity index (χ0v) is 8.44. The summed E-state index contributed by atoms with van der Waals surface area (Å²) in [7, 11) is 4.06. The Labute approximate surface area is 78.5 Å². The lowest BCUT2D eigenvalue weighted by atomic mass is 10.4. The third kappa shape index (κ3) is 3.12. The van der Waals surface area contributed by atoms with Gasteiger partial charge in [-0.15, -0.1) is 0 Å². The molecular weight excluding hydrogens is 166 g/mol. The number of likely N-dealkylation sites (N-methyl/N-ethyl adjacent to an activating group) is 1. The van der Waals surface area contributed by atoms with E-state index < -0.39 is 0 Å². The number of rotatable bonds is 4. The van der Waals surface area contributed by atoms with Gasteiger partial charge in [0.15, 0.2) is 5.82 Å². The number of aromatic nitrogens is 3. The number of hydrogen-bond donors (Lipinski definition) is 1. The Balaban J connectivity index is 2.49. The maximum Gasteiger partial charge on any atom is 0.166 e. The lowest BCUT2D eigenvalue weighted by molar-refractivity contribution is 0.372. The van der Waals surface area contributed by atoms with E-state index in [1.54, 1.807) is 6.33 Å². The van der Waals surface area contributed by atoms with Crippen molar-refractivity contribution in [2.75, 3.05) is 20.6 Å². The maximum absolute atomic E-state index is 5.63. The number of nitrogens with zero attached hydrogens (tertiary/aromatic N) is 4. The normalized spacial score (nSPS) is 13.6.